The van der Waals surface area contributed by atoms with Crippen LogP contribution in [0.2, 0.25) is 0 Å². The van der Waals surface area contributed by atoms with Crippen molar-refractivity contribution in [3.05, 3.63) is 34.9 Å². The molecule has 1 rings (SSSR count). The van der Waals surface area contributed by atoms with Crippen LogP contribution in [0.4, 0.5) is 0 Å². The molecule has 0 radical (unpaired) electrons. The highest BCUT2D eigenvalue weighted by Gasteiger charge is 2.14. The van der Waals surface area contributed by atoms with Crippen LogP contribution in [-0.2, 0) is 0 Å². The van der Waals surface area contributed by atoms with Gasteiger partial charge in [0.2, 0.25) is 0 Å². The topological polar surface area (TPSA) is 12.0 Å². The summed E-state index contributed by atoms with van der Waals surface area (Å²) in [6, 6.07) is 7.26. The van der Waals surface area contributed by atoms with Gasteiger partial charge in [0.15, 0.2) is 0 Å². The second kappa shape index (κ2) is 5.32. The van der Waals surface area contributed by atoms with Crippen molar-refractivity contribution in [3.63, 3.8) is 0 Å². The minimum Gasteiger partial charge on any atom is -0.314 e. The van der Waals surface area contributed by atoms with E-state index in [9.17, 15) is 0 Å². The van der Waals surface area contributed by atoms with Gasteiger partial charge in [-0.15, -0.1) is 0 Å². The lowest BCUT2D eigenvalue weighted by atomic mass is 9.90. The molecule has 1 aromatic carbocycles. The predicted molar refractivity (Wildman–Crippen MR) is 67.5 cm³/mol. The SMILES string of the molecule is CCNC(C)C(C)c1cc(C)ccc1C. The molecule has 0 saturated heterocycles. The van der Waals surface area contributed by atoms with Crippen molar-refractivity contribution >= 4 is 0 Å². The maximum absolute atomic E-state index is 3.49. The molecule has 0 aliphatic rings. The Labute approximate surface area is 93.9 Å². The van der Waals surface area contributed by atoms with Gasteiger partial charge >= 0.3 is 0 Å². The van der Waals surface area contributed by atoms with Gasteiger partial charge in [-0.2, -0.15) is 0 Å². The maximum atomic E-state index is 3.49. The Morgan fingerprint density at radius 2 is 1.87 bits per heavy atom. The fourth-order valence-corrected chi connectivity index (χ4v) is 2.02. The lowest BCUT2D eigenvalue weighted by molar-refractivity contribution is 0.493. The second-order valence-corrected chi connectivity index (χ2v) is 4.50. The lowest BCUT2D eigenvalue weighted by Gasteiger charge is -2.23. The Balaban J connectivity index is 2.89. The molecule has 0 amide bonds. The van der Waals surface area contributed by atoms with Crippen molar-refractivity contribution in [2.24, 2.45) is 0 Å². The van der Waals surface area contributed by atoms with Crippen LogP contribution in [0.25, 0.3) is 0 Å². The second-order valence-electron chi connectivity index (χ2n) is 4.50. The van der Waals surface area contributed by atoms with Crippen LogP contribution >= 0.6 is 0 Å². The minimum absolute atomic E-state index is 0.538. The zero-order chi connectivity index (χ0) is 11.4. The van der Waals surface area contributed by atoms with Gasteiger partial charge in [0.05, 0.1) is 0 Å². The van der Waals surface area contributed by atoms with Crippen molar-refractivity contribution in [2.45, 2.75) is 46.6 Å². The van der Waals surface area contributed by atoms with Crippen LogP contribution in [0.1, 0.15) is 43.4 Å². The van der Waals surface area contributed by atoms with Crippen LogP contribution < -0.4 is 5.32 Å². The molecule has 1 aromatic rings. The van der Waals surface area contributed by atoms with Crippen LogP contribution in [0.3, 0.4) is 0 Å². The first-order valence-electron chi connectivity index (χ1n) is 5.86. The van der Waals surface area contributed by atoms with Gasteiger partial charge in [0.1, 0.15) is 0 Å². The molecule has 0 spiro atoms. The van der Waals surface area contributed by atoms with Crippen LogP contribution in [-0.4, -0.2) is 12.6 Å². The standard InChI is InChI=1S/C14H23N/c1-6-15-13(5)12(4)14-9-10(2)7-8-11(14)3/h7-9,12-13,15H,6H2,1-5H3. The van der Waals surface area contributed by atoms with Crippen molar-refractivity contribution in [1.82, 2.24) is 5.32 Å². The number of aryl methyl sites for hydroxylation is 2. The first-order valence-corrected chi connectivity index (χ1v) is 5.86. The van der Waals surface area contributed by atoms with Gasteiger partial charge in [-0.1, -0.05) is 37.6 Å². The first kappa shape index (κ1) is 12.3. The molecule has 1 nitrogen and oxygen atoms in total. The van der Waals surface area contributed by atoms with Crippen molar-refractivity contribution < 1.29 is 0 Å². The number of nitrogens with one attached hydrogen (secondary N) is 1. The highest BCUT2D eigenvalue weighted by molar-refractivity contribution is 5.33. The van der Waals surface area contributed by atoms with Gasteiger partial charge in [0.25, 0.3) is 0 Å². The smallest absolute Gasteiger partial charge is 0.0105 e. The fourth-order valence-electron chi connectivity index (χ4n) is 2.02. The van der Waals surface area contributed by atoms with Crippen LogP contribution in [0, 0.1) is 13.8 Å². The summed E-state index contributed by atoms with van der Waals surface area (Å²) in [5.41, 5.74) is 4.23. The maximum Gasteiger partial charge on any atom is 0.0105 e. The molecule has 15 heavy (non-hydrogen) atoms. The van der Waals surface area contributed by atoms with E-state index in [0.29, 0.717) is 12.0 Å². The zero-order valence-corrected chi connectivity index (χ0v) is 10.6. The highest BCUT2D eigenvalue weighted by Crippen LogP contribution is 2.23. The molecule has 0 heterocycles. The highest BCUT2D eigenvalue weighted by atomic mass is 14.9. The summed E-state index contributed by atoms with van der Waals surface area (Å²) in [4.78, 5) is 0. The molecule has 84 valence electrons. The van der Waals surface area contributed by atoms with E-state index in [1.54, 1.807) is 0 Å². The molecular weight excluding hydrogens is 182 g/mol. The molecule has 0 aromatic heterocycles. The van der Waals surface area contributed by atoms with Gasteiger partial charge in [0, 0.05) is 6.04 Å². The minimum atomic E-state index is 0.538. The van der Waals surface area contributed by atoms with E-state index in [1.807, 2.05) is 0 Å². The number of hydrogen-bond acceptors (Lipinski definition) is 1. The van der Waals surface area contributed by atoms with Crippen LogP contribution in [0.5, 0.6) is 0 Å². The summed E-state index contributed by atoms with van der Waals surface area (Å²) in [5.74, 6) is 0.574. The van der Waals surface area contributed by atoms with Gasteiger partial charge < -0.3 is 5.32 Å². The fraction of sp³-hybridized carbons (Fsp3) is 0.571. The monoisotopic (exact) mass is 205 g/mol. The summed E-state index contributed by atoms with van der Waals surface area (Å²) >= 11 is 0. The first-order chi connectivity index (χ1) is 7.06. The quantitative estimate of drug-likeness (QED) is 0.794. The summed E-state index contributed by atoms with van der Waals surface area (Å²) in [7, 11) is 0. The molecule has 1 heteroatoms. The number of likely N-dealkylation sites (N-methyl/N-ethyl adjacent to an activating group) is 1. The Morgan fingerprint density at radius 1 is 1.20 bits per heavy atom. The largest absolute Gasteiger partial charge is 0.314 e. The lowest BCUT2D eigenvalue weighted by Crippen LogP contribution is -2.30. The summed E-state index contributed by atoms with van der Waals surface area (Å²) in [5, 5.41) is 3.49. The Kier molecular flexibility index (Phi) is 4.34. The summed E-state index contributed by atoms with van der Waals surface area (Å²) in [6.45, 7) is 12.1. The average molecular weight is 205 g/mol. The van der Waals surface area contributed by atoms with Crippen LogP contribution in [0.15, 0.2) is 18.2 Å². The van der Waals surface area contributed by atoms with E-state index < -0.39 is 0 Å². The van der Waals surface area contributed by atoms with Gasteiger partial charge in [-0.05, 0) is 44.4 Å². The predicted octanol–water partition coefficient (Wildman–Crippen LogP) is 3.40. The Hall–Kier alpha value is -0.820. The molecule has 1 N–H and O–H groups in total. The zero-order valence-electron chi connectivity index (χ0n) is 10.6. The third-order valence-corrected chi connectivity index (χ3v) is 3.20. The molecule has 2 unspecified atom stereocenters. The molecule has 2 atom stereocenters. The number of benzene rings is 1. The Morgan fingerprint density at radius 3 is 2.47 bits per heavy atom. The molecule has 0 aliphatic heterocycles. The van der Waals surface area contributed by atoms with E-state index in [-0.39, 0.29) is 0 Å². The van der Waals surface area contributed by atoms with Crippen molar-refractivity contribution in [3.8, 4) is 0 Å². The van der Waals surface area contributed by atoms with E-state index in [4.69, 9.17) is 0 Å². The van der Waals surface area contributed by atoms with Crippen molar-refractivity contribution in [1.29, 1.82) is 0 Å². The Bertz CT molecular complexity index is 317. The number of hydrogen-bond donors (Lipinski definition) is 1. The normalized spacial score (nSPS) is 15.0. The summed E-state index contributed by atoms with van der Waals surface area (Å²) < 4.78 is 0. The molecule has 0 fully saturated rings. The van der Waals surface area contributed by atoms with Gasteiger partial charge in [-0.25, -0.2) is 0 Å². The molecule has 0 saturated carbocycles. The van der Waals surface area contributed by atoms with Gasteiger partial charge in [-0.3, -0.25) is 0 Å². The van der Waals surface area contributed by atoms with E-state index in [1.165, 1.54) is 16.7 Å². The average Bonchev–Trinajstić information content (AvgIpc) is 2.21. The van der Waals surface area contributed by atoms with E-state index in [0.717, 1.165) is 6.54 Å². The molecule has 0 bridgehead atoms. The summed E-state index contributed by atoms with van der Waals surface area (Å²) in [6.07, 6.45) is 0. The third-order valence-electron chi connectivity index (χ3n) is 3.20. The van der Waals surface area contributed by atoms with Crippen molar-refractivity contribution in [2.75, 3.05) is 6.54 Å². The van der Waals surface area contributed by atoms with E-state index in [2.05, 4.69) is 58.1 Å². The van der Waals surface area contributed by atoms with E-state index >= 15 is 0 Å². The molecule has 0 aliphatic carbocycles. The third kappa shape index (κ3) is 3.07. The number of rotatable bonds is 4. The molecular formula is C14H23N.